The van der Waals surface area contributed by atoms with E-state index >= 15 is 0 Å². The summed E-state index contributed by atoms with van der Waals surface area (Å²) in [5.74, 6) is -2.05. The number of ether oxygens (including phenoxy) is 2. The van der Waals surface area contributed by atoms with Gasteiger partial charge in [-0.3, -0.25) is 14.4 Å². The zero-order chi connectivity index (χ0) is 21.0. The maximum atomic E-state index is 12.8. The number of hydrogen-bond acceptors (Lipinski definition) is 6. The number of carbonyl (C=O) groups excluding carboxylic acids is 3. The molecule has 0 unspecified atom stereocenters. The number of amides is 1. The normalized spacial score (nSPS) is 18.0. The number of aliphatic hydroxyl groups is 1. The van der Waals surface area contributed by atoms with Gasteiger partial charge in [-0.25, -0.2) is 0 Å². The lowest BCUT2D eigenvalue weighted by Crippen LogP contribution is -2.35. The molecule has 29 heavy (non-hydrogen) atoms. The second-order valence-electron chi connectivity index (χ2n) is 6.37. The third-order valence-corrected chi connectivity index (χ3v) is 4.62. The summed E-state index contributed by atoms with van der Waals surface area (Å²) in [6.07, 6.45) is 0. The van der Waals surface area contributed by atoms with Crippen LogP contribution in [0.3, 0.4) is 0 Å². The van der Waals surface area contributed by atoms with Crippen molar-refractivity contribution in [1.29, 1.82) is 0 Å². The predicted molar refractivity (Wildman–Crippen MR) is 105 cm³/mol. The molecule has 3 rings (SSSR count). The molecule has 1 N–H and O–H groups in total. The maximum absolute atomic E-state index is 12.8. The number of esters is 1. The van der Waals surface area contributed by atoms with Gasteiger partial charge in [0.15, 0.2) is 0 Å². The van der Waals surface area contributed by atoms with Crippen molar-refractivity contribution in [2.75, 3.05) is 20.3 Å². The van der Waals surface area contributed by atoms with Crippen LogP contribution in [0.5, 0.6) is 5.75 Å². The largest absolute Gasteiger partial charge is 0.507 e. The van der Waals surface area contributed by atoms with Crippen LogP contribution in [0, 0.1) is 0 Å². The van der Waals surface area contributed by atoms with E-state index in [0.29, 0.717) is 23.5 Å². The van der Waals surface area contributed by atoms with Crippen LogP contribution in [-0.4, -0.2) is 47.9 Å². The van der Waals surface area contributed by atoms with Crippen molar-refractivity contribution in [2.24, 2.45) is 0 Å². The van der Waals surface area contributed by atoms with E-state index in [-0.39, 0.29) is 11.3 Å². The van der Waals surface area contributed by atoms with Crippen molar-refractivity contribution < 1.29 is 29.0 Å². The lowest BCUT2D eigenvalue weighted by molar-refractivity contribution is -0.148. The molecule has 1 heterocycles. The Morgan fingerprint density at radius 1 is 1.07 bits per heavy atom. The number of Topliss-reactive ketones (excluding diaryl/α,β-unsaturated/α-hetero) is 1. The number of rotatable bonds is 6. The summed E-state index contributed by atoms with van der Waals surface area (Å²) in [6.45, 7) is 1.94. The fourth-order valence-corrected chi connectivity index (χ4v) is 3.26. The fourth-order valence-electron chi connectivity index (χ4n) is 3.26. The SMILES string of the molecule is CCOc1ccc([C@@H]2C(=C(O)c3ccccc3)C(=O)C(=O)N2CC(=O)OC)cc1. The standard InChI is InChI=1S/C22H21NO6/c1-3-29-16-11-9-14(10-12-16)19-18(20(25)15-7-5-4-6-8-15)21(26)22(27)23(19)13-17(24)28-2/h4-12,19,25H,3,13H2,1-2H3/t19-/m1/s1. The Kier molecular flexibility index (Phi) is 5.97. The first-order valence-corrected chi connectivity index (χ1v) is 9.11. The van der Waals surface area contributed by atoms with E-state index in [0.717, 1.165) is 4.90 Å². The van der Waals surface area contributed by atoms with Crippen molar-refractivity contribution in [3.8, 4) is 5.75 Å². The molecule has 1 fully saturated rings. The summed E-state index contributed by atoms with van der Waals surface area (Å²) >= 11 is 0. The monoisotopic (exact) mass is 395 g/mol. The minimum Gasteiger partial charge on any atom is -0.507 e. The summed E-state index contributed by atoms with van der Waals surface area (Å²) in [7, 11) is 1.20. The highest BCUT2D eigenvalue weighted by Crippen LogP contribution is 2.39. The number of benzene rings is 2. The van der Waals surface area contributed by atoms with Gasteiger partial charge in [0, 0.05) is 5.56 Å². The molecular weight excluding hydrogens is 374 g/mol. The lowest BCUT2D eigenvalue weighted by Gasteiger charge is -2.24. The topological polar surface area (TPSA) is 93.1 Å². The Balaban J connectivity index is 2.13. The smallest absolute Gasteiger partial charge is 0.325 e. The van der Waals surface area contributed by atoms with Crippen LogP contribution in [0.15, 0.2) is 60.2 Å². The third kappa shape index (κ3) is 3.99. The first-order chi connectivity index (χ1) is 14.0. The first kappa shape index (κ1) is 20.1. The highest BCUT2D eigenvalue weighted by molar-refractivity contribution is 6.46. The number of ketones is 1. The third-order valence-electron chi connectivity index (χ3n) is 4.62. The number of likely N-dealkylation sites (tertiary alicyclic amines) is 1. The zero-order valence-electron chi connectivity index (χ0n) is 16.1. The van der Waals surface area contributed by atoms with Crippen LogP contribution >= 0.6 is 0 Å². The van der Waals surface area contributed by atoms with Gasteiger partial charge in [-0.1, -0.05) is 42.5 Å². The molecule has 2 aromatic rings. The second kappa shape index (κ2) is 8.60. The van der Waals surface area contributed by atoms with Crippen molar-refractivity contribution >= 4 is 23.4 Å². The van der Waals surface area contributed by atoms with Crippen molar-refractivity contribution in [3.63, 3.8) is 0 Å². The average Bonchev–Trinajstić information content (AvgIpc) is 2.99. The van der Waals surface area contributed by atoms with Crippen molar-refractivity contribution in [2.45, 2.75) is 13.0 Å². The lowest BCUT2D eigenvalue weighted by atomic mass is 9.95. The van der Waals surface area contributed by atoms with E-state index in [1.54, 1.807) is 54.6 Å². The van der Waals surface area contributed by atoms with Gasteiger partial charge in [0.05, 0.1) is 25.3 Å². The molecule has 7 heteroatoms. The van der Waals surface area contributed by atoms with Gasteiger partial charge in [0.25, 0.3) is 11.7 Å². The number of hydrogen-bond donors (Lipinski definition) is 1. The molecule has 0 radical (unpaired) electrons. The van der Waals surface area contributed by atoms with Gasteiger partial charge in [0.1, 0.15) is 18.1 Å². The Morgan fingerprint density at radius 2 is 1.72 bits per heavy atom. The van der Waals surface area contributed by atoms with Crippen LogP contribution in [0.1, 0.15) is 24.1 Å². The molecule has 0 saturated carbocycles. The van der Waals surface area contributed by atoms with Gasteiger partial charge in [-0.15, -0.1) is 0 Å². The predicted octanol–water partition coefficient (Wildman–Crippen LogP) is 2.68. The van der Waals surface area contributed by atoms with Crippen LogP contribution in [-0.2, 0) is 19.1 Å². The maximum Gasteiger partial charge on any atom is 0.325 e. The number of nitrogens with zero attached hydrogens (tertiary/aromatic N) is 1. The minimum absolute atomic E-state index is 0.0748. The van der Waals surface area contributed by atoms with Crippen LogP contribution in [0.25, 0.3) is 5.76 Å². The zero-order valence-corrected chi connectivity index (χ0v) is 16.1. The summed E-state index contributed by atoms with van der Waals surface area (Å²) < 4.78 is 10.1. The fraction of sp³-hybridized carbons (Fsp3) is 0.227. The Labute approximate surface area is 168 Å². The van der Waals surface area contributed by atoms with Crippen LogP contribution in [0.2, 0.25) is 0 Å². The van der Waals surface area contributed by atoms with E-state index in [1.165, 1.54) is 7.11 Å². The quantitative estimate of drug-likeness (QED) is 0.350. The molecule has 0 bridgehead atoms. The van der Waals surface area contributed by atoms with E-state index in [4.69, 9.17) is 4.74 Å². The van der Waals surface area contributed by atoms with Crippen molar-refractivity contribution in [1.82, 2.24) is 4.90 Å². The van der Waals surface area contributed by atoms with E-state index in [1.807, 2.05) is 6.92 Å². The molecule has 7 nitrogen and oxygen atoms in total. The van der Waals surface area contributed by atoms with Gasteiger partial charge < -0.3 is 19.5 Å². The molecule has 1 saturated heterocycles. The number of aliphatic hydroxyl groups excluding tert-OH is 1. The molecule has 0 spiro atoms. The molecule has 1 aliphatic heterocycles. The highest BCUT2D eigenvalue weighted by Gasteiger charge is 2.46. The molecule has 1 aliphatic rings. The minimum atomic E-state index is -0.926. The Hall–Kier alpha value is -3.61. The Morgan fingerprint density at radius 3 is 2.31 bits per heavy atom. The van der Waals surface area contributed by atoms with E-state index in [2.05, 4.69) is 4.74 Å². The second-order valence-corrected chi connectivity index (χ2v) is 6.37. The first-order valence-electron chi connectivity index (χ1n) is 9.11. The average molecular weight is 395 g/mol. The van der Waals surface area contributed by atoms with Gasteiger partial charge in [0.2, 0.25) is 0 Å². The van der Waals surface area contributed by atoms with E-state index < -0.39 is 30.2 Å². The molecule has 0 aliphatic carbocycles. The summed E-state index contributed by atoms with van der Waals surface area (Å²) in [4.78, 5) is 38.4. The van der Waals surface area contributed by atoms with Crippen LogP contribution < -0.4 is 4.74 Å². The molecular formula is C22H21NO6. The van der Waals surface area contributed by atoms with E-state index in [9.17, 15) is 19.5 Å². The molecule has 0 aromatic heterocycles. The summed E-state index contributed by atoms with van der Waals surface area (Å²) in [5.41, 5.74) is 0.891. The Bertz CT molecular complexity index is 949. The van der Waals surface area contributed by atoms with Crippen LogP contribution in [0.4, 0.5) is 0 Å². The van der Waals surface area contributed by atoms with Crippen molar-refractivity contribution in [3.05, 3.63) is 71.3 Å². The number of carbonyl (C=O) groups is 3. The molecule has 2 aromatic carbocycles. The highest BCUT2D eigenvalue weighted by atomic mass is 16.5. The summed E-state index contributed by atoms with van der Waals surface area (Å²) in [6, 6.07) is 14.4. The number of methoxy groups -OCH3 is 1. The van der Waals surface area contributed by atoms with Gasteiger partial charge in [-0.05, 0) is 24.6 Å². The van der Waals surface area contributed by atoms with Gasteiger partial charge >= 0.3 is 5.97 Å². The molecule has 1 atom stereocenters. The summed E-state index contributed by atoms with van der Waals surface area (Å²) in [5, 5.41) is 10.8. The molecule has 1 amide bonds. The molecule has 150 valence electrons. The van der Waals surface area contributed by atoms with Gasteiger partial charge in [-0.2, -0.15) is 0 Å².